The number of rotatable bonds is 4. The predicted molar refractivity (Wildman–Crippen MR) is 96.6 cm³/mol. The molecule has 26 heavy (non-hydrogen) atoms. The first kappa shape index (κ1) is 15.8. The zero-order valence-electron chi connectivity index (χ0n) is 14.5. The maximum Gasteiger partial charge on any atom is 0.230 e. The van der Waals surface area contributed by atoms with Crippen molar-refractivity contribution in [2.75, 3.05) is 25.0 Å². The smallest absolute Gasteiger partial charge is 0.230 e. The van der Waals surface area contributed by atoms with Crippen molar-refractivity contribution >= 4 is 11.7 Å². The highest BCUT2D eigenvalue weighted by molar-refractivity contribution is 5.92. The van der Waals surface area contributed by atoms with Crippen LogP contribution in [0.5, 0.6) is 5.75 Å². The van der Waals surface area contributed by atoms with E-state index in [4.69, 9.17) is 4.74 Å². The third-order valence-corrected chi connectivity index (χ3v) is 5.78. The number of nitrogens with one attached hydrogen (secondary N) is 1. The molecule has 0 spiro atoms. The third kappa shape index (κ3) is 2.84. The minimum Gasteiger partial charge on any atom is -0.493 e. The SMILES string of the molecule is O=C(Nc1ccncn1)[C@@H]1CN(CC2CC2)[C@H]2c3ccccc3OC[C@@H]12. The molecule has 0 unspecified atom stereocenters. The van der Waals surface area contributed by atoms with Crippen LogP contribution in [0, 0.1) is 17.8 Å². The first-order valence-corrected chi connectivity index (χ1v) is 9.32. The molecular formula is C20H22N4O2. The molecule has 1 aliphatic carbocycles. The van der Waals surface area contributed by atoms with E-state index < -0.39 is 0 Å². The normalized spacial score (nSPS) is 27.3. The summed E-state index contributed by atoms with van der Waals surface area (Å²) >= 11 is 0. The molecule has 134 valence electrons. The Balaban J connectivity index is 1.42. The maximum absolute atomic E-state index is 13.0. The fourth-order valence-corrected chi connectivity index (χ4v) is 4.35. The average molecular weight is 350 g/mol. The summed E-state index contributed by atoms with van der Waals surface area (Å²) < 4.78 is 6.00. The van der Waals surface area contributed by atoms with Crippen molar-refractivity contribution in [2.45, 2.75) is 18.9 Å². The average Bonchev–Trinajstić information content (AvgIpc) is 3.41. The number of hydrogen-bond donors (Lipinski definition) is 1. The molecule has 0 bridgehead atoms. The molecule has 3 aliphatic rings. The number of hydrogen-bond acceptors (Lipinski definition) is 5. The second kappa shape index (κ2) is 6.36. The number of aromatic nitrogens is 2. The van der Waals surface area contributed by atoms with Gasteiger partial charge in [0.2, 0.25) is 5.91 Å². The summed E-state index contributed by atoms with van der Waals surface area (Å²) in [6.07, 6.45) is 5.71. The molecule has 1 aromatic carbocycles. The van der Waals surface area contributed by atoms with Crippen LogP contribution in [0.1, 0.15) is 24.4 Å². The van der Waals surface area contributed by atoms with Gasteiger partial charge in [-0.05, 0) is 30.9 Å². The molecular weight excluding hydrogens is 328 g/mol. The molecule has 1 saturated carbocycles. The Labute approximate surface area is 152 Å². The largest absolute Gasteiger partial charge is 0.493 e. The summed E-state index contributed by atoms with van der Waals surface area (Å²) in [6, 6.07) is 10.2. The number of carbonyl (C=O) groups excluding carboxylic acids is 1. The van der Waals surface area contributed by atoms with E-state index >= 15 is 0 Å². The first-order chi connectivity index (χ1) is 12.8. The molecule has 6 nitrogen and oxygen atoms in total. The van der Waals surface area contributed by atoms with Gasteiger partial charge < -0.3 is 10.1 Å². The molecule has 1 aromatic heterocycles. The van der Waals surface area contributed by atoms with Crippen LogP contribution < -0.4 is 10.1 Å². The van der Waals surface area contributed by atoms with E-state index in [-0.39, 0.29) is 23.8 Å². The van der Waals surface area contributed by atoms with Gasteiger partial charge in [0.05, 0.1) is 12.5 Å². The Hall–Kier alpha value is -2.47. The molecule has 2 fully saturated rings. The van der Waals surface area contributed by atoms with Gasteiger partial charge in [0.15, 0.2) is 0 Å². The van der Waals surface area contributed by atoms with Crippen molar-refractivity contribution in [3.63, 3.8) is 0 Å². The summed E-state index contributed by atoms with van der Waals surface area (Å²) in [4.78, 5) is 23.5. The van der Waals surface area contributed by atoms with Crippen LogP contribution in [-0.2, 0) is 4.79 Å². The van der Waals surface area contributed by atoms with E-state index in [0.29, 0.717) is 12.4 Å². The van der Waals surface area contributed by atoms with E-state index in [0.717, 1.165) is 24.8 Å². The standard InChI is InChI=1S/C20H22N4O2/c25-20(23-18-7-8-21-12-22-18)15-10-24(9-13-5-6-13)19-14-3-1-2-4-17(14)26-11-16(15)19/h1-4,7-8,12-13,15-16,19H,5-6,9-11H2,(H,21,22,23,25)/t15-,16+,19+/m1/s1. The van der Waals surface area contributed by atoms with E-state index in [9.17, 15) is 4.79 Å². The molecule has 1 saturated heterocycles. The topological polar surface area (TPSA) is 67.4 Å². The van der Waals surface area contributed by atoms with Gasteiger partial charge in [0, 0.05) is 36.8 Å². The molecule has 0 radical (unpaired) electrons. The van der Waals surface area contributed by atoms with Crippen LogP contribution in [0.3, 0.4) is 0 Å². The summed E-state index contributed by atoms with van der Waals surface area (Å²) in [5.74, 6) is 2.41. The van der Waals surface area contributed by atoms with Crippen LogP contribution in [0.4, 0.5) is 5.82 Å². The maximum atomic E-state index is 13.0. The van der Waals surface area contributed by atoms with Crippen molar-refractivity contribution in [2.24, 2.45) is 17.8 Å². The molecule has 2 aliphatic heterocycles. The van der Waals surface area contributed by atoms with Crippen molar-refractivity contribution in [1.82, 2.24) is 14.9 Å². The van der Waals surface area contributed by atoms with E-state index in [1.54, 1.807) is 12.3 Å². The Morgan fingerprint density at radius 1 is 1.27 bits per heavy atom. The number of likely N-dealkylation sites (tertiary alicyclic amines) is 1. The lowest BCUT2D eigenvalue weighted by Crippen LogP contribution is -2.35. The number of fused-ring (bicyclic) bond motifs is 3. The number of carbonyl (C=O) groups is 1. The molecule has 1 amide bonds. The zero-order chi connectivity index (χ0) is 17.5. The number of para-hydroxylation sites is 1. The Kier molecular flexibility index (Phi) is 3.85. The van der Waals surface area contributed by atoms with Gasteiger partial charge in [0.25, 0.3) is 0 Å². The van der Waals surface area contributed by atoms with E-state index in [1.807, 2.05) is 12.1 Å². The summed E-state index contributed by atoms with van der Waals surface area (Å²) in [5, 5.41) is 2.96. The van der Waals surface area contributed by atoms with Gasteiger partial charge in [-0.15, -0.1) is 0 Å². The van der Waals surface area contributed by atoms with Crippen LogP contribution in [-0.4, -0.2) is 40.5 Å². The van der Waals surface area contributed by atoms with Crippen LogP contribution in [0.15, 0.2) is 42.9 Å². The fraction of sp³-hybridized carbons (Fsp3) is 0.450. The fourth-order valence-electron chi connectivity index (χ4n) is 4.35. The van der Waals surface area contributed by atoms with E-state index in [2.05, 4.69) is 32.3 Å². The summed E-state index contributed by atoms with van der Waals surface area (Å²) in [5.41, 5.74) is 1.22. The number of nitrogens with zero attached hydrogens (tertiary/aromatic N) is 3. The first-order valence-electron chi connectivity index (χ1n) is 9.32. The lowest BCUT2D eigenvalue weighted by molar-refractivity contribution is -0.121. The van der Waals surface area contributed by atoms with Gasteiger partial charge in [-0.2, -0.15) is 0 Å². The van der Waals surface area contributed by atoms with Gasteiger partial charge in [0.1, 0.15) is 17.9 Å². The van der Waals surface area contributed by atoms with Crippen LogP contribution in [0.2, 0.25) is 0 Å². The molecule has 1 N–H and O–H groups in total. The van der Waals surface area contributed by atoms with Gasteiger partial charge in [-0.1, -0.05) is 18.2 Å². The minimum absolute atomic E-state index is 0.0278. The lowest BCUT2D eigenvalue weighted by Gasteiger charge is -2.34. The zero-order valence-corrected chi connectivity index (χ0v) is 14.5. The third-order valence-electron chi connectivity index (χ3n) is 5.78. The van der Waals surface area contributed by atoms with Crippen molar-refractivity contribution in [1.29, 1.82) is 0 Å². The molecule has 2 aromatic rings. The van der Waals surface area contributed by atoms with Crippen molar-refractivity contribution in [3.8, 4) is 5.75 Å². The second-order valence-electron chi connectivity index (χ2n) is 7.55. The van der Waals surface area contributed by atoms with Gasteiger partial charge in [-0.3, -0.25) is 9.69 Å². The molecule has 3 atom stereocenters. The Bertz CT molecular complexity index is 808. The monoisotopic (exact) mass is 350 g/mol. The number of benzene rings is 1. The van der Waals surface area contributed by atoms with Crippen molar-refractivity contribution in [3.05, 3.63) is 48.4 Å². The molecule has 3 heterocycles. The van der Waals surface area contributed by atoms with Gasteiger partial charge >= 0.3 is 0 Å². The number of anilines is 1. The lowest BCUT2D eigenvalue weighted by atomic mass is 9.85. The summed E-state index contributed by atoms with van der Waals surface area (Å²) in [6.45, 7) is 2.44. The second-order valence-corrected chi connectivity index (χ2v) is 7.55. The van der Waals surface area contributed by atoms with Crippen molar-refractivity contribution < 1.29 is 9.53 Å². The highest BCUT2D eigenvalue weighted by Crippen LogP contribution is 2.48. The number of amides is 1. The highest BCUT2D eigenvalue weighted by Gasteiger charge is 2.49. The van der Waals surface area contributed by atoms with Crippen LogP contribution >= 0.6 is 0 Å². The minimum atomic E-state index is -0.0953. The quantitative estimate of drug-likeness (QED) is 0.918. The predicted octanol–water partition coefficient (Wildman–Crippen LogP) is 2.51. The van der Waals surface area contributed by atoms with Gasteiger partial charge in [-0.25, -0.2) is 9.97 Å². The van der Waals surface area contributed by atoms with E-state index in [1.165, 1.54) is 24.7 Å². The van der Waals surface area contributed by atoms with Crippen LogP contribution in [0.25, 0.3) is 0 Å². The number of ether oxygens (including phenoxy) is 1. The Morgan fingerprint density at radius 2 is 2.15 bits per heavy atom. The highest BCUT2D eigenvalue weighted by atomic mass is 16.5. The molecule has 6 heteroatoms. The Morgan fingerprint density at radius 3 is 2.96 bits per heavy atom. The summed E-state index contributed by atoms with van der Waals surface area (Å²) in [7, 11) is 0. The molecule has 5 rings (SSSR count).